The molecule has 42 heavy (non-hydrogen) atoms. The first kappa shape index (κ1) is 36.9. The van der Waals surface area contributed by atoms with Crippen LogP contribution in [0.3, 0.4) is 0 Å². The Morgan fingerprint density at radius 2 is 1.43 bits per heavy atom. The van der Waals surface area contributed by atoms with Gasteiger partial charge in [0, 0.05) is 6.08 Å². The molecule has 0 heterocycles. The van der Waals surface area contributed by atoms with Gasteiger partial charge in [-0.1, -0.05) is 161 Å². The number of esters is 1. The lowest BCUT2D eigenvalue weighted by Gasteiger charge is -2.32. The SMILES string of the molecule is CCCCCCCCCC=CC=CC=CC=CC=CC(=O)OCC=C(C)C=CC=C(C)C=CC1=C(C)CCCC1(C)C. The molecule has 0 radical (unpaired) electrons. The van der Waals surface area contributed by atoms with Crippen molar-refractivity contribution in [1.82, 2.24) is 0 Å². The number of allylic oxidation sites excluding steroid dienone is 18. The fraction of sp³-hybridized carbons (Fsp3) is 0.475. The number of carbonyl (C=O) groups excluding carboxylic acids is 1. The minimum atomic E-state index is -0.348. The number of hydrogen-bond acceptors (Lipinski definition) is 2. The first-order valence-corrected chi connectivity index (χ1v) is 16.2. The fourth-order valence-electron chi connectivity index (χ4n) is 4.92. The number of unbranched alkanes of at least 4 members (excludes halogenated alkanes) is 7. The van der Waals surface area contributed by atoms with Gasteiger partial charge in [-0.15, -0.1) is 0 Å². The van der Waals surface area contributed by atoms with Gasteiger partial charge in [0.15, 0.2) is 0 Å². The van der Waals surface area contributed by atoms with Crippen molar-refractivity contribution >= 4 is 5.97 Å². The van der Waals surface area contributed by atoms with Crippen LogP contribution >= 0.6 is 0 Å². The van der Waals surface area contributed by atoms with Crippen LogP contribution in [0.4, 0.5) is 0 Å². The number of hydrogen-bond donors (Lipinski definition) is 0. The normalized spacial score (nSPS) is 17.2. The summed E-state index contributed by atoms with van der Waals surface area (Å²) in [5.74, 6) is -0.348. The van der Waals surface area contributed by atoms with Crippen molar-refractivity contribution in [2.24, 2.45) is 5.41 Å². The lowest BCUT2D eigenvalue weighted by molar-refractivity contribution is -0.136. The van der Waals surface area contributed by atoms with E-state index in [0.717, 1.165) is 12.0 Å². The predicted molar refractivity (Wildman–Crippen MR) is 185 cm³/mol. The quantitative estimate of drug-likeness (QED) is 0.0668. The van der Waals surface area contributed by atoms with Gasteiger partial charge >= 0.3 is 5.97 Å². The van der Waals surface area contributed by atoms with Crippen molar-refractivity contribution in [2.75, 3.05) is 6.61 Å². The van der Waals surface area contributed by atoms with Gasteiger partial charge in [0.1, 0.15) is 6.61 Å². The molecule has 2 heteroatoms. The van der Waals surface area contributed by atoms with E-state index >= 15 is 0 Å². The zero-order valence-electron chi connectivity index (χ0n) is 27.5. The van der Waals surface area contributed by atoms with Crippen LogP contribution in [0.5, 0.6) is 0 Å². The molecule has 1 aliphatic carbocycles. The highest BCUT2D eigenvalue weighted by Crippen LogP contribution is 2.40. The molecule has 0 aromatic heterocycles. The lowest BCUT2D eigenvalue weighted by atomic mass is 9.72. The first-order valence-electron chi connectivity index (χ1n) is 16.2. The van der Waals surface area contributed by atoms with Crippen molar-refractivity contribution in [1.29, 1.82) is 0 Å². The van der Waals surface area contributed by atoms with Crippen LogP contribution in [0.15, 0.2) is 120 Å². The summed E-state index contributed by atoms with van der Waals surface area (Å²) in [7, 11) is 0. The van der Waals surface area contributed by atoms with E-state index in [9.17, 15) is 4.79 Å². The number of ether oxygens (including phenoxy) is 1. The van der Waals surface area contributed by atoms with Crippen LogP contribution in [-0.2, 0) is 9.53 Å². The molecule has 0 amide bonds. The molecule has 0 unspecified atom stereocenters. The van der Waals surface area contributed by atoms with E-state index in [0.29, 0.717) is 0 Å². The van der Waals surface area contributed by atoms with Crippen LogP contribution in [0.2, 0.25) is 0 Å². The second-order valence-electron chi connectivity index (χ2n) is 12.0. The molecule has 2 nitrogen and oxygen atoms in total. The van der Waals surface area contributed by atoms with Crippen molar-refractivity contribution in [3.8, 4) is 0 Å². The van der Waals surface area contributed by atoms with Gasteiger partial charge in [0.05, 0.1) is 0 Å². The van der Waals surface area contributed by atoms with Crippen LogP contribution in [0.1, 0.15) is 112 Å². The minimum Gasteiger partial charge on any atom is -0.458 e. The van der Waals surface area contributed by atoms with Gasteiger partial charge in [-0.3, -0.25) is 0 Å². The summed E-state index contributed by atoms with van der Waals surface area (Å²) < 4.78 is 5.27. The third-order valence-corrected chi connectivity index (χ3v) is 7.53. The Balaban J connectivity index is 2.26. The summed E-state index contributed by atoms with van der Waals surface area (Å²) in [6, 6.07) is 0. The highest BCUT2D eigenvalue weighted by Gasteiger charge is 2.26. The molecule has 0 fully saturated rings. The van der Waals surface area contributed by atoms with Crippen molar-refractivity contribution in [3.63, 3.8) is 0 Å². The topological polar surface area (TPSA) is 26.3 Å². The maximum absolute atomic E-state index is 11.9. The smallest absolute Gasteiger partial charge is 0.331 e. The molecule has 0 saturated heterocycles. The van der Waals surface area contributed by atoms with E-state index in [1.807, 2.05) is 55.5 Å². The Hall–Kier alpha value is -3.13. The maximum atomic E-state index is 11.9. The van der Waals surface area contributed by atoms with E-state index in [-0.39, 0.29) is 18.0 Å². The van der Waals surface area contributed by atoms with Crippen LogP contribution < -0.4 is 0 Å². The Labute approximate surface area is 258 Å². The van der Waals surface area contributed by atoms with E-state index in [1.165, 1.54) is 87.0 Å². The average Bonchev–Trinajstić information content (AvgIpc) is 2.94. The van der Waals surface area contributed by atoms with E-state index in [2.05, 4.69) is 71.1 Å². The highest BCUT2D eigenvalue weighted by atomic mass is 16.5. The van der Waals surface area contributed by atoms with Crippen molar-refractivity contribution in [2.45, 2.75) is 112 Å². The van der Waals surface area contributed by atoms with E-state index in [1.54, 1.807) is 6.08 Å². The highest BCUT2D eigenvalue weighted by molar-refractivity contribution is 5.82. The molecule has 1 aliphatic rings. The Morgan fingerprint density at radius 3 is 2.12 bits per heavy atom. The molecule has 0 aliphatic heterocycles. The second kappa shape index (κ2) is 23.4. The van der Waals surface area contributed by atoms with Crippen LogP contribution in [0.25, 0.3) is 0 Å². The number of carbonyl (C=O) groups is 1. The summed E-state index contributed by atoms with van der Waals surface area (Å²) in [4.78, 5) is 11.9. The summed E-state index contributed by atoms with van der Waals surface area (Å²) >= 11 is 0. The molecular weight excluding hydrogens is 512 g/mol. The van der Waals surface area contributed by atoms with Crippen LogP contribution in [0, 0.1) is 5.41 Å². The largest absolute Gasteiger partial charge is 0.458 e. The van der Waals surface area contributed by atoms with Gasteiger partial charge in [-0.05, 0) is 69.9 Å². The zero-order valence-corrected chi connectivity index (χ0v) is 27.5. The molecular formula is C40H58O2. The predicted octanol–water partition coefficient (Wildman–Crippen LogP) is 12.0. The minimum absolute atomic E-state index is 0.255. The van der Waals surface area contributed by atoms with Crippen LogP contribution in [-0.4, -0.2) is 12.6 Å². The average molecular weight is 571 g/mol. The summed E-state index contributed by atoms with van der Waals surface area (Å²) in [5.41, 5.74) is 5.52. The molecule has 0 aromatic carbocycles. The third-order valence-electron chi connectivity index (χ3n) is 7.53. The molecule has 0 N–H and O–H groups in total. The molecule has 0 aromatic rings. The second-order valence-corrected chi connectivity index (χ2v) is 12.0. The molecule has 0 bridgehead atoms. The summed E-state index contributed by atoms with van der Waals surface area (Å²) in [5, 5.41) is 0. The maximum Gasteiger partial charge on any atom is 0.331 e. The number of rotatable bonds is 19. The zero-order chi connectivity index (χ0) is 30.9. The van der Waals surface area contributed by atoms with Gasteiger partial charge in [-0.2, -0.15) is 0 Å². The lowest BCUT2D eigenvalue weighted by Crippen LogP contribution is -2.19. The molecule has 1 rings (SSSR count). The summed E-state index contributed by atoms with van der Waals surface area (Å²) in [6.45, 7) is 13.6. The van der Waals surface area contributed by atoms with E-state index < -0.39 is 0 Å². The Kier molecular flexibility index (Phi) is 20.6. The third kappa shape index (κ3) is 19.1. The van der Waals surface area contributed by atoms with Crippen molar-refractivity contribution < 1.29 is 9.53 Å². The molecule has 230 valence electrons. The van der Waals surface area contributed by atoms with E-state index in [4.69, 9.17) is 4.74 Å². The van der Waals surface area contributed by atoms with Gasteiger partial charge in [0.25, 0.3) is 0 Å². The summed E-state index contributed by atoms with van der Waals surface area (Å²) in [6.07, 6.45) is 46.1. The molecule has 0 spiro atoms. The monoisotopic (exact) mass is 570 g/mol. The molecule has 0 atom stereocenters. The Bertz CT molecular complexity index is 1080. The first-order chi connectivity index (χ1) is 20.3. The van der Waals surface area contributed by atoms with Gasteiger partial charge in [0.2, 0.25) is 0 Å². The van der Waals surface area contributed by atoms with Gasteiger partial charge in [-0.25, -0.2) is 4.79 Å². The molecule has 0 saturated carbocycles. The standard InChI is InChI=1S/C40H58O2/c1-7-8-9-10-11-12-13-14-15-16-17-18-19-20-21-22-23-29-39(41)42-34-32-36(3)27-24-26-35(2)30-31-38-37(4)28-25-33-40(38,5)6/h15-24,26-27,29-32H,7-14,25,28,33-34H2,1-6H3. The van der Waals surface area contributed by atoms with Gasteiger partial charge < -0.3 is 4.74 Å². The Morgan fingerprint density at radius 1 is 0.786 bits per heavy atom. The fourth-order valence-corrected chi connectivity index (χ4v) is 4.92. The van der Waals surface area contributed by atoms with Crippen molar-refractivity contribution in [3.05, 3.63) is 120 Å².